The maximum Gasteiger partial charge on any atom is 0.0584 e. The van der Waals surface area contributed by atoms with E-state index < -0.39 is 0 Å². The number of rotatable bonds is 6. The highest BCUT2D eigenvalue weighted by Gasteiger charge is 2.15. The summed E-state index contributed by atoms with van der Waals surface area (Å²) in [4.78, 5) is 0. The van der Waals surface area contributed by atoms with Crippen LogP contribution in [-0.2, 0) is 7.05 Å². The second kappa shape index (κ2) is 6.01. The van der Waals surface area contributed by atoms with Crippen molar-refractivity contribution in [1.29, 1.82) is 0 Å². The summed E-state index contributed by atoms with van der Waals surface area (Å²) in [5.41, 5.74) is 1.14. The van der Waals surface area contributed by atoms with Gasteiger partial charge in [0.05, 0.1) is 12.3 Å². The summed E-state index contributed by atoms with van der Waals surface area (Å²) in [7, 11) is 1.93. The Balaban J connectivity index is 2.55. The first-order valence-electron chi connectivity index (χ1n) is 5.89. The predicted molar refractivity (Wildman–Crippen MR) is 65.1 cm³/mol. The Morgan fingerprint density at radius 3 is 2.56 bits per heavy atom. The molecule has 2 atom stereocenters. The summed E-state index contributed by atoms with van der Waals surface area (Å²) < 4.78 is 1.86. The van der Waals surface area contributed by atoms with E-state index in [1.165, 1.54) is 0 Å². The number of hydrogen-bond acceptors (Lipinski definition) is 3. The van der Waals surface area contributed by atoms with Crippen molar-refractivity contribution in [1.82, 2.24) is 15.1 Å². The standard InChI is InChI=1S/C12H23N3O/c1-9(2)7-11(8-16)14-10(3)12-5-6-13-15(12)4/h5-6,9-11,14,16H,7-8H2,1-4H3. The van der Waals surface area contributed by atoms with Crippen molar-refractivity contribution in [2.24, 2.45) is 13.0 Å². The molecule has 92 valence electrons. The van der Waals surface area contributed by atoms with Gasteiger partial charge in [0.1, 0.15) is 0 Å². The van der Waals surface area contributed by atoms with Crippen LogP contribution in [0.3, 0.4) is 0 Å². The summed E-state index contributed by atoms with van der Waals surface area (Å²) in [6.07, 6.45) is 2.78. The molecule has 1 aromatic heterocycles. The van der Waals surface area contributed by atoms with Crippen LogP contribution in [-0.4, -0.2) is 27.5 Å². The number of aliphatic hydroxyl groups excluding tert-OH is 1. The molecule has 0 aromatic carbocycles. The lowest BCUT2D eigenvalue weighted by atomic mass is 10.0. The van der Waals surface area contributed by atoms with Crippen LogP contribution >= 0.6 is 0 Å². The first-order valence-corrected chi connectivity index (χ1v) is 5.89. The van der Waals surface area contributed by atoms with E-state index in [-0.39, 0.29) is 18.7 Å². The van der Waals surface area contributed by atoms with Gasteiger partial charge in [-0.1, -0.05) is 13.8 Å². The Morgan fingerprint density at radius 1 is 1.44 bits per heavy atom. The van der Waals surface area contributed by atoms with Crippen molar-refractivity contribution in [3.8, 4) is 0 Å². The van der Waals surface area contributed by atoms with Gasteiger partial charge in [-0.15, -0.1) is 0 Å². The number of nitrogens with one attached hydrogen (secondary N) is 1. The minimum atomic E-state index is 0.157. The normalized spacial score (nSPS) is 15.4. The SMILES string of the molecule is CC(C)CC(CO)NC(C)c1ccnn1C. The number of aliphatic hydroxyl groups is 1. The van der Waals surface area contributed by atoms with Gasteiger partial charge in [-0.25, -0.2) is 0 Å². The molecular formula is C12H23N3O. The minimum Gasteiger partial charge on any atom is -0.395 e. The number of aryl methyl sites for hydroxylation is 1. The summed E-state index contributed by atoms with van der Waals surface area (Å²) in [5.74, 6) is 0.586. The lowest BCUT2D eigenvalue weighted by Gasteiger charge is -2.23. The fourth-order valence-electron chi connectivity index (χ4n) is 2.01. The van der Waals surface area contributed by atoms with E-state index in [0.29, 0.717) is 5.92 Å². The summed E-state index contributed by atoms with van der Waals surface area (Å²) in [6.45, 7) is 6.61. The van der Waals surface area contributed by atoms with Gasteiger partial charge in [0.15, 0.2) is 0 Å². The summed E-state index contributed by atoms with van der Waals surface area (Å²) in [6, 6.07) is 2.37. The van der Waals surface area contributed by atoms with Crippen molar-refractivity contribution in [2.45, 2.75) is 39.3 Å². The van der Waals surface area contributed by atoms with Crippen molar-refractivity contribution in [3.05, 3.63) is 18.0 Å². The fraction of sp³-hybridized carbons (Fsp3) is 0.750. The monoisotopic (exact) mass is 225 g/mol. The van der Waals surface area contributed by atoms with Crippen LogP contribution in [0, 0.1) is 5.92 Å². The zero-order valence-corrected chi connectivity index (χ0v) is 10.6. The second-order valence-corrected chi connectivity index (χ2v) is 4.78. The molecule has 1 aromatic rings. The lowest BCUT2D eigenvalue weighted by Crippen LogP contribution is -2.36. The third-order valence-electron chi connectivity index (χ3n) is 2.76. The second-order valence-electron chi connectivity index (χ2n) is 4.78. The lowest BCUT2D eigenvalue weighted by molar-refractivity contribution is 0.214. The van der Waals surface area contributed by atoms with Crippen LogP contribution in [0.1, 0.15) is 38.9 Å². The van der Waals surface area contributed by atoms with Gasteiger partial charge in [0.25, 0.3) is 0 Å². The molecule has 0 aliphatic carbocycles. The highest BCUT2D eigenvalue weighted by molar-refractivity contribution is 5.05. The van der Waals surface area contributed by atoms with Gasteiger partial charge in [-0.3, -0.25) is 4.68 Å². The molecule has 0 radical (unpaired) electrons. The Bertz CT molecular complexity index is 309. The van der Waals surface area contributed by atoms with Gasteiger partial charge in [-0.05, 0) is 25.3 Å². The third-order valence-corrected chi connectivity index (χ3v) is 2.76. The molecule has 0 saturated heterocycles. The summed E-state index contributed by atoms with van der Waals surface area (Å²) in [5, 5.41) is 16.9. The van der Waals surface area contributed by atoms with E-state index in [2.05, 4.69) is 31.2 Å². The van der Waals surface area contributed by atoms with E-state index in [9.17, 15) is 5.11 Å². The maximum atomic E-state index is 9.31. The van der Waals surface area contributed by atoms with E-state index in [1.54, 1.807) is 6.20 Å². The Morgan fingerprint density at radius 2 is 2.12 bits per heavy atom. The first-order chi connectivity index (χ1) is 7.54. The van der Waals surface area contributed by atoms with E-state index in [0.717, 1.165) is 12.1 Å². The largest absolute Gasteiger partial charge is 0.395 e. The predicted octanol–water partition coefficient (Wildman–Crippen LogP) is 1.48. The highest BCUT2D eigenvalue weighted by atomic mass is 16.3. The average molecular weight is 225 g/mol. The molecule has 0 aliphatic heterocycles. The molecule has 4 nitrogen and oxygen atoms in total. The molecule has 4 heteroatoms. The van der Waals surface area contributed by atoms with Crippen molar-refractivity contribution >= 4 is 0 Å². The Labute approximate surface area is 97.7 Å². The molecule has 0 amide bonds. The van der Waals surface area contributed by atoms with Crippen LogP contribution < -0.4 is 5.32 Å². The first kappa shape index (κ1) is 13.2. The topological polar surface area (TPSA) is 50.1 Å². The van der Waals surface area contributed by atoms with Crippen LogP contribution in [0.15, 0.2) is 12.3 Å². The third kappa shape index (κ3) is 3.61. The molecule has 0 bridgehead atoms. The Hall–Kier alpha value is -0.870. The fourth-order valence-corrected chi connectivity index (χ4v) is 2.01. The van der Waals surface area contributed by atoms with Crippen LogP contribution in [0.5, 0.6) is 0 Å². The molecule has 0 saturated carbocycles. The van der Waals surface area contributed by atoms with E-state index in [4.69, 9.17) is 0 Å². The minimum absolute atomic E-state index is 0.157. The van der Waals surface area contributed by atoms with Crippen LogP contribution in [0.2, 0.25) is 0 Å². The zero-order valence-electron chi connectivity index (χ0n) is 10.6. The molecule has 2 N–H and O–H groups in total. The molecule has 0 spiro atoms. The van der Waals surface area contributed by atoms with Crippen LogP contribution in [0.4, 0.5) is 0 Å². The van der Waals surface area contributed by atoms with Gasteiger partial charge in [0.2, 0.25) is 0 Å². The molecule has 2 unspecified atom stereocenters. The van der Waals surface area contributed by atoms with Gasteiger partial charge >= 0.3 is 0 Å². The number of aromatic nitrogens is 2. The van der Waals surface area contributed by atoms with Crippen molar-refractivity contribution < 1.29 is 5.11 Å². The molecule has 0 fully saturated rings. The molecule has 1 rings (SSSR count). The number of hydrogen-bond donors (Lipinski definition) is 2. The average Bonchev–Trinajstić information content (AvgIpc) is 2.62. The smallest absolute Gasteiger partial charge is 0.0584 e. The van der Waals surface area contributed by atoms with Crippen molar-refractivity contribution in [2.75, 3.05) is 6.61 Å². The Kier molecular flexibility index (Phi) is 4.96. The van der Waals surface area contributed by atoms with Gasteiger partial charge < -0.3 is 10.4 Å². The number of nitrogens with zero attached hydrogens (tertiary/aromatic N) is 2. The quantitative estimate of drug-likeness (QED) is 0.771. The molecule has 16 heavy (non-hydrogen) atoms. The van der Waals surface area contributed by atoms with E-state index >= 15 is 0 Å². The zero-order chi connectivity index (χ0) is 12.1. The van der Waals surface area contributed by atoms with Gasteiger partial charge in [0, 0.05) is 25.3 Å². The molecule has 1 heterocycles. The summed E-state index contributed by atoms with van der Waals surface area (Å²) >= 11 is 0. The highest BCUT2D eigenvalue weighted by Crippen LogP contribution is 2.13. The molecular weight excluding hydrogens is 202 g/mol. The molecule has 0 aliphatic rings. The van der Waals surface area contributed by atoms with E-state index in [1.807, 2.05) is 17.8 Å². The maximum absolute atomic E-state index is 9.31. The van der Waals surface area contributed by atoms with Crippen molar-refractivity contribution in [3.63, 3.8) is 0 Å². The van der Waals surface area contributed by atoms with Crippen LogP contribution in [0.25, 0.3) is 0 Å². The van der Waals surface area contributed by atoms with Gasteiger partial charge in [-0.2, -0.15) is 5.10 Å².